The molecule has 1 spiro atoms. The van der Waals surface area contributed by atoms with Crippen molar-refractivity contribution in [3.05, 3.63) is 144 Å². The Morgan fingerprint density at radius 3 is 1.58 bits per heavy atom. The number of methoxy groups -OCH3 is 1. The Morgan fingerprint density at radius 2 is 1.07 bits per heavy atom. The van der Waals surface area contributed by atoms with E-state index in [4.69, 9.17) is 28.4 Å². The minimum absolute atomic E-state index is 0.263. The molecule has 2 bridgehead atoms. The van der Waals surface area contributed by atoms with Crippen molar-refractivity contribution in [2.75, 3.05) is 13.7 Å². The summed E-state index contributed by atoms with van der Waals surface area (Å²) in [5, 5.41) is 0. The minimum Gasteiger partial charge on any atom is -0.374 e. The fourth-order valence-electron chi connectivity index (χ4n) is 7.22. The number of fused-ring (bicyclic) bond motifs is 1. The van der Waals surface area contributed by atoms with Crippen LogP contribution in [-0.4, -0.2) is 43.4 Å². The summed E-state index contributed by atoms with van der Waals surface area (Å²) in [5.41, 5.74) is 3.19. The van der Waals surface area contributed by atoms with Gasteiger partial charge in [-0.15, -0.1) is 0 Å². The van der Waals surface area contributed by atoms with Gasteiger partial charge < -0.3 is 28.4 Å². The van der Waals surface area contributed by atoms with Crippen LogP contribution >= 0.6 is 0 Å². The van der Waals surface area contributed by atoms with E-state index < -0.39 is 22.9 Å². The van der Waals surface area contributed by atoms with Crippen molar-refractivity contribution < 1.29 is 28.4 Å². The molecular weight excluding hydrogens is 540 g/mol. The predicted molar refractivity (Wildman–Crippen MR) is 162 cm³/mol. The quantitative estimate of drug-likeness (QED) is 0.171. The molecule has 4 aliphatic rings. The van der Waals surface area contributed by atoms with Gasteiger partial charge in [-0.25, -0.2) is 0 Å². The van der Waals surface area contributed by atoms with E-state index in [0.717, 1.165) is 22.3 Å². The lowest BCUT2D eigenvalue weighted by atomic mass is 9.66. The highest BCUT2D eigenvalue weighted by Crippen LogP contribution is 2.80. The Labute approximate surface area is 253 Å². The summed E-state index contributed by atoms with van der Waals surface area (Å²) in [6.45, 7) is 2.15. The second kappa shape index (κ2) is 12.0. The summed E-state index contributed by atoms with van der Waals surface area (Å²) < 4.78 is 39.8. The standard InChI is InChI=1S/C37H38O6/c1-38-36-27-35(33(36)40-23-29-16-8-3-9-17-29)34(41-24-30-18-10-4-11-19-30)37(35,42-25-31-20-12-5-13-21-31)32(43-36)26-39-22-28-14-6-2-7-15-28/h2-21,32-34H,22-27H2,1H3. The molecule has 6 atom stereocenters. The Kier molecular flexibility index (Phi) is 7.91. The fourth-order valence-corrected chi connectivity index (χ4v) is 7.22. The van der Waals surface area contributed by atoms with E-state index in [9.17, 15) is 0 Å². The SMILES string of the molecule is COC12CC3(C1OCc1ccccc1)C(OCc1ccccc1)C3(OCc1ccccc1)C(COCc1ccccc1)O2. The second-order valence-electron chi connectivity index (χ2n) is 11.8. The number of rotatable bonds is 14. The molecule has 4 aromatic rings. The minimum atomic E-state index is -0.903. The Morgan fingerprint density at radius 1 is 0.605 bits per heavy atom. The summed E-state index contributed by atoms with van der Waals surface area (Å²) in [7, 11) is 1.70. The van der Waals surface area contributed by atoms with Gasteiger partial charge in [0.2, 0.25) is 0 Å². The van der Waals surface area contributed by atoms with Gasteiger partial charge in [0.25, 0.3) is 0 Å². The van der Waals surface area contributed by atoms with Crippen molar-refractivity contribution in [1.29, 1.82) is 0 Å². The van der Waals surface area contributed by atoms with Gasteiger partial charge in [0.05, 0.1) is 38.4 Å². The molecule has 0 N–H and O–H groups in total. The molecule has 2 aliphatic carbocycles. The highest BCUT2D eigenvalue weighted by molar-refractivity contribution is 5.43. The highest BCUT2D eigenvalue weighted by atomic mass is 16.7. The van der Waals surface area contributed by atoms with E-state index in [-0.39, 0.29) is 12.2 Å². The first-order chi connectivity index (χ1) is 21.2. The van der Waals surface area contributed by atoms with Crippen molar-refractivity contribution in [2.24, 2.45) is 5.41 Å². The van der Waals surface area contributed by atoms with Crippen molar-refractivity contribution in [2.45, 2.75) is 62.5 Å². The zero-order valence-corrected chi connectivity index (χ0v) is 24.5. The molecule has 8 rings (SSSR count). The van der Waals surface area contributed by atoms with Crippen molar-refractivity contribution in [3.63, 3.8) is 0 Å². The summed E-state index contributed by atoms with van der Waals surface area (Å²) in [6, 6.07) is 40.9. The average molecular weight is 579 g/mol. The number of hydrogen-bond donors (Lipinski definition) is 0. The third-order valence-electron chi connectivity index (χ3n) is 9.29. The number of benzene rings is 4. The molecule has 222 valence electrons. The fraction of sp³-hybridized carbons (Fsp3) is 0.351. The molecule has 6 nitrogen and oxygen atoms in total. The molecule has 4 fully saturated rings. The molecule has 2 aliphatic heterocycles. The van der Waals surface area contributed by atoms with Crippen LogP contribution in [0.1, 0.15) is 28.7 Å². The maximum atomic E-state index is 6.99. The Bertz CT molecular complexity index is 1470. The van der Waals surface area contributed by atoms with Crippen LogP contribution in [0.2, 0.25) is 0 Å². The molecule has 2 saturated heterocycles. The average Bonchev–Trinajstić information content (AvgIpc) is 3.69. The summed E-state index contributed by atoms with van der Waals surface area (Å²) in [5.74, 6) is -0.903. The Hall–Kier alpha value is -3.36. The van der Waals surface area contributed by atoms with Gasteiger partial charge in [-0.1, -0.05) is 121 Å². The lowest BCUT2D eigenvalue weighted by molar-refractivity contribution is -0.426. The molecule has 6 unspecified atom stereocenters. The first-order valence-corrected chi connectivity index (χ1v) is 15.0. The van der Waals surface area contributed by atoms with Gasteiger partial charge in [-0.3, -0.25) is 0 Å². The van der Waals surface area contributed by atoms with Crippen LogP contribution in [0.5, 0.6) is 0 Å². The molecule has 0 aromatic heterocycles. The van der Waals surface area contributed by atoms with Gasteiger partial charge in [-0.05, 0) is 22.3 Å². The lowest BCUT2D eigenvalue weighted by Crippen LogP contribution is -2.74. The van der Waals surface area contributed by atoms with E-state index in [1.807, 2.05) is 72.8 Å². The van der Waals surface area contributed by atoms with Crippen molar-refractivity contribution in [3.8, 4) is 0 Å². The normalized spacial score (nSPS) is 30.3. The molecule has 0 radical (unpaired) electrons. The summed E-state index contributed by atoms with van der Waals surface area (Å²) >= 11 is 0. The molecule has 43 heavy (non-hydrogen) atoms. The van der Waals surface area contributed by atoms with Crippen LogP contribution in [-0.2, 0) is 54.8 Å². The van der Waals surface area contributed by atoms with Gasteiger partial charge in [0.15, 0.2) is 5.79 Å². The van der Waals surface area contributed by atoms with E-state index in [2.05, 4.69) is 48.5 Å². The second-order valence-corrected chi connectivity index (χ2v) is 11.8. The summed E-state index contributed by atoms with van der Waals surface area (Å²) in [6.07, 6.45) is -0.418. The van der Waals surface area contributed by atoms with Gasteiger partial charge in [-0.2, -0.15) is 0 Å². The molecule has 2 saturated carbocycles. The van der Waals surface area contributed by atoms with E-state index in [1.54, 1.807) is 7.11 Å². The summed E-state index contributed by atoms with van der Waals surface area (Å²) in [4.78, 5) is 0. The lowest BCUT2D eigenvalue weighted by Gasteiger charge is -2.60. The maximum Gasteiger partial charge on any atom is 0.196 e. The van der Waals surface area contributed by atoms with Crippen LogP contribution in [0.25, 0.3) is 0 Å². The molecule has 2 heterocycles. The van der Waals surface area contributed by atoms with Crippen LogP contribution < -0.4 is 0 Å². The monoisotopic (exact) mass is 578 g/mol. The van der Waals surface area contributed by atoms with Gasteiger partial charge in [0.1, 0.15) is 23.9 Å². The molecular formula is C37H38O6. The Balaban J connectivity index is 1.20. The van der Waals surface area contributed by atoms with E-state index >= 15 is 0 Å². The van der Waals surface area contributed by atoms with Crippen molar-refractivity contribution in [1.82, 2.24) is 0 Å². The first-order valence-electron chi connectivity index (χ1n) is 15.0. The molecule has 6 heteroatoms. The number of ether oxygens (including phenoxy) is 6. The van der Waals surface area contributed by atoms with Crippen LogP contribution in [0, 0.1) is 5.41 Å². The van der Waals surface area contributed by atoms with Crippen LogP contribution in [0.4, 0.5) is 0 Å². The van der Waals surface area contributed by atoms with Crippen LogP contribution in [0.15, 0.2) is 121 Å². The zero-order chi connectivity index (χ0) is 29.2. The maximum absolute atomic E-state index is 6.99. The van der Waals surface area contributed by atoms with E-state index in [0.29, 0.717) is 39.5 Å². The van der Waals surface area contributed by atoms with Crippen molar-refractivity contribution >= 4 is 0 Å². The first kappa shape index (κ1) is 28.4. The van der Waals surface area contributed by atoms with Crippen LogP contribution in [0.3, 0.4) is 0 Å². The highest BCUT2D eigenvalue weighted by Gasteiger charge is 2.97. The van der Waals surface area contributed by atoms with E-state index in [1.165, 1.54) is 0 Å². The number of hydrogen-bond acceptors (Lipinski definition) is 6. The van der Waals surface area contributed by atoms with Gasteiger partial charge in [0, 0.05) is 13.5 Å². The largest absolute Gasteiger partial charge is 0.374 e. The topological polar surface area (TPSA) is 55.4 Å². The third kappa shape index (κ3) is 5.02. The predicted octanol–water partition coefficient (Wildman–Crippen LogP) is 6.47. The molecule has 4 aromatic carbocycles. The molecule has 0 amide bonds. The zero-order valence-electron chi connectivity index (χ0n) is 24.5. The third-order valence-corrected chi connectivity index (χ3v) is 9.29. The van der Waals surface area contributed by atoms with Gasteiger partial charge >= 0.3 is 0 Å². The smallest absolute Gasteiger partial charge is 0.196 e.